The van der Waals surface area contributed by atoms with Gasteiger partial charge in [0.15, 0.2) is 0 Å². The highest BCUT2D eigenvalue weighted by molar-refractivity contribution is 9.10. The van der Waals surface area contributed by atoms with Crippen LogP contribution in [0.3, 0.4) is 0 Å². The lowest BCUT2D eigenvalue weighted by Crippen LogP contribution is -2.38. The van der Waals surface area contributed by atoms with Crippen LogP contribution < -0.4 is 5.32 Å². The summed E-state index contributed by atoms with van der Waals surface area (Å²) in [5, 5.41) is 2.90. The van der Waals surface area contributed by atoms with E-state index in [0.29, 0.717) is 6.42 Å². The summed E-state index contributed by atoms with van der Waals surface area (Å²) in [6, 6.07) is 7.62. The summed E-state index contributed by atoms with van der Waals surface area (Å²) in [7, 11) is 0. The standard InChI is InChI=1S/C13H17BrN2O2/c14-11-2-1-3-12(10-11)15-13(17)4-5-16-6-8-18-9-7-16/h1-3,10H,4-9H2,(H,15,17). The van der Waals surface area contributed by atoms with Crippen molar-refractivity contribution in [2.45, 2.75) is 6.42 Å². The van der Waals surface area contributed by atoms with E-state index < -0.39 is 0 Å². The molecule has 0 atom stereocenters. The van der Waals surface area contributed by atoms with Crippen molar-refractivity contribution in [3.8, 4) is 0 Å². The number of carbonyl (C=O) groups excluding carboxylic acids is 1. The average molecular weight is 313 g/mol. The zero-order valence-electron chi connectivity index (χ0n) is 10.2. The molecule has 2 rings (SSSR count). The van der Waals surface area contributed by atoms with Crippen molar-refractivity contribution in [1.29, 1.82) is 0 Å². The second-order valence-corrected chi connectivity index (χ2v) is 5.18. The van der Waals surface area contributed by atoms with Gasteiger partial charge in [0.1, 0.15) is 0 Å². The zero-order valence-corrected chi connectivity index (χ0v) is 11.8. The third kappa shape index (κ3) is 4.40. The van der Waals surface area contributed by atoms with Crippen LogP contribution in [0.5, 0.6) is 0 Å². The lowest BCUT2D eigenvalue weighted by Gasteiger charge is -2.26. The molecule has 0 spiro atoms. The van der Waals surface area contributed by atoms with Crippen LogP contribution in [0.2, 0.25) is 0 Å². The van der Waals surface area contributed by atoms with Crippen LogP contribution >= 0.6 is 15.9 Å². The van der Waals surface area contributed by atoms with E-state index in [2.05, 4.69) is 26.1 Å². The summed E-state index contributed by atoms with van der Waals surface area (Å²) in [6.07, 6.45) is 0.520. The molecule has 1 aromatic rings. The fourth-order valence-electron chi connectivity index (χ4n) is 1.87. The number of carbonyl (C=O) groups is 1. The fourth-order valence-corrected chi connectivity index (χ4v) is 2.27. The first-order chi connectivity index (χ1) is 8.74. The van der Waals surface area contributed by atoms with E-state index in [0.717, 1.165) is 43.0 Å². The lowest BCUT2D eigenvalue weighted by molar-refractivity contribution is -0.116. The zero-order chi connectivity index (χ0) is 12.8. The molecule has 0 aliphatic carbocycles. The van der Waals surface area contributed by atoms with Crippen LogP contribution in [-0.2, 0) is 9.53 Å². The molecule has 1 aliphatic heterocycles. The van der Waals surface area contributed by atoms with Gasteiger partial charge in [-0.2, -0.15) is 0 Å². The van der Waals surface area contributed by atoms with E-state index in [9.17, 15) is 4.79 Å². The Hall–Kier alpha value is -0.910. The quantitative estimate of drug-likeness (QED) is 0.926. The van der Waals surface area contributed by atoms with E-state index in [1.807, 2.05) is 24.3 Å². The van der Waals surface area contributed by atoms with Crippen LogP contribution in [-0.4, -0.2) is 43.7 Å². The highest BCUT2D eigenvalue weighted by atomic mass is 79.9. The van der Waals surface area contributed by atoms with Gasteiger partial charge in [0.25, 0.3) is 0 Å². The third-order valence-electron chi connectivity index (χ3n) is 2.87. The van der Waals surface area contributed by atoms with Crippen LogP contribution in [0.1, 0.15) is 6.42 Å². The summed E-state index contributed by atoms with van der Waals surface area (Å²) in [4.78, 5) is 14.0. The Morgan fingerprint density at radius 3 is 2.89 bits per heavy atom. The molecule has 1 saturated heterocycles. The Morgan fingerprint density at radius 2 is 2.17 bits per heavy atom. The fraction of sp³-hybridized carbons (Fsp3) is 0.462. The van der Waals surface area contributed by atoms with E-state index in [4.69, 9.17) is 4.74 Å². The molecule has 0 bridgehead atoms. The largest absolute Gasteiger partial charge is 0.379 e. The van der Waals surface area contributed by atoms with E-state index in [-0.39, 0.29) is 5.91 Å². The molecule has 18 heavy (non-hydrogen) atoms. The minimum Gasteiger partial charge on any atom is -0.379 e. The smallest absolute Gasteiger partial charge is 0.225 e. The van der Waals surface area contributed by atoms with E-state index in [1.54, 1.807) is 0 Å². The Labute approximate surface area is 115 Å². The number of hydrogen-bond acceptors (Lipinski definition) is 3. The first-order valence-corrected chi connectivity index (χ1v) is 6.89. The Bertz CT molecular complexity index is 406. The number of nitrogens with zero attached hydrogens (tertiary/aromatic N) is 1. The van der Waals surface area contributed by atoms with Gasteiger partial charge in [-0.1, -0.05) is 22.0 Å². The number of hydrogen-bond donors (Lipinski definition) is 1. The van der Waals surface area contributed by atoms with Crippen molar-refractivity contribution in [1.82, 2.24) is 4.90 Å². The molecule has 1 N–H and O–H groups in total. The van der Waals surface area contributed by atoms with Gasteiger partial charge in [-0.25, -0.2) is 0 Å². The molecule has 4 nitrogen and oxygen atoms in total. The second kappa shape index (κ2) is 6.87. The van der Waals surface area contributed by atoms with Crippen molar-refractivity contribution in [3.05, 3.63) is 28.7 Å². The number of morpholine rings is 1. The van der Waals surface area contributed by atoms with Crippen LogP contribution in [0.15, 0.2) is 28.7 Å². The maximum Gasteiger partial charge on any atom is 0.225 e. The summed E-state index contributed by atoms with van der Waals surface area (Å²) < 4.78 is 6.23. The predicted octanol–water partition coefficient (Wildman–Crippen LogP) is 2.11. The lowest BCUT2D eigenvalue weighted by atomic mass is 10.3. The number of anilines is 1. The number of nitrogens with one attached hydrogen (secondary N) is 1. The molecular weight excluding hydrogens is 296 g/mol. The number of benzene rings is 1. The normalized spacial score (nSPS) is 16.5. The molecule has 1 aliphatic rings. The summed E-state index contributed by atoms with van der Waals surface area (Å²) >= 11 is 3.38. The molecular formula is C13H17BrN2O2. The predicted molar refractivity (Wildman–Crippen MR) is 74.6 cm³/mol. The SMILES string of the molecule is O=C(CCN1CCOCC1)Nc1cccc(Br)c1. The molecule has 1 heterocycles. The number of amides is 1. The Balaban J connectivity index is 1.74. The number of halogens is 1. The molecule has 0 unspecified atom stereocenters. The molecule has 0 saturated carbocycles. The first kappa shape index (κ1) is 13.5. The van der Waals surface area contributed by atoms with Crippen molar-refractivity contribution >= 4 is 27.5 Å². The van der Waals surface area contributed by atoms with Crippen molar-refractivity contribution < 1.29 is 9.53 Å². The molecule has 0 aromatic heterocycles. The second-order valence-electron chi connectivity index (χ2n) is 4.26. The van der Waals surface area contributed by atoms with Crippen LogP contribution in [0, 0.1) is 0 Å². The maximum atomic E-state index is 11.8. The summed E-state index contributed by atoms with van der Waals surface area (Å²) in [6.45, 7) is 4.18. The molecule has 5 heteroatoms. The average Bonchev–Trinajstić information content (AvgIpc) is 2.38. The minimum atomic E-state index is 0.0552. The van der Waals surface area contributed by atoms with E-state index >= 15 is 0 Å². The Morgan fingerprint density at radius 1 is 1.39 bits per heavy atom. The van der Waals surface area contributed by atoms with E-state index in [1.165, 1.54) is 0 Å². The highest BCUT2D eigenvalue weighted by Crippen LogP contribution is 2.15. The van der Waals surface area contributed by atoms with Gasteiger partial charge in [0.05, 0.1) is 13.2 Å². The van der Waals surface area contributed by atoms with Crippen molar-refractivity contribution in [2.75, 3.05) is 38.2 Å². The van der Waals surface area contributed by atoms with Gasteiger partial charge >= 0.3 is 0 Å². The third-order valence-corrected chi connectivity index (χ3v) is 3.36. The van der Waals surface area contributed by atoms with Gasteiger partial charge in [-0.15, -0.1) is 0 Å². The van der Waals surface area contributed by atoms with Crippen molar-refractivity contribution in [3.63, 3.8) is 0 Å². The molecule has 1 amide bonds. The van der Waals surface area contributed by atoms with Gasteiger partial charge in [0, 0.05) is 36.2 Å². The highest BCUT2D eigenvalue weighted by Gasteiger charge is 2.11. The van der Waals surface area contributed by atoms with Crippen LogP contribution in [0.25, 0.3) is 0 Å². The topological polar surface area (TPSA) is 41.6 Å². The number of rotatable bonds is 4. The van der Waals surface area contributed by atoms with Gasteiger partial charge in [-0.05, 0) is 18.2 Å². The van der Waals surface area contributed by atoms with Gasteiger partial charge in [0.2, 0.25) is 5.91 Å². The van der Waals surface area contributed by atoms with Crippen molar-refractivity contribution in [2.24, 2.45) is 0 Å². The first-order valence-electron chi connectivity index (χ1n) is 6.09. The minimum absolute atomic E-state index is 0.0552. The molecule has 1 fully saturated rings. The van der Waals surface area contributed by atoms with Gasteiger partial charge in [-0.3, -0.25) is 9.69 Å². The maximum absolute atomic E-state index is 11.8. The molecule has 1 aromatic carbocycles. The van der Waals surface area contributed by atoms with Crippen LogP contribution in [0.4, 0.5) is 5.69 Å². The monoisotopic (exact) mass is 312 g/mol. The summed E-state index contributed by atoms with van der Waals surface area (Å²) in [5.41, 5.74) is 0.830. The molecule has 0 radical (unpaired) electrons. The molecule has 98 valence electrons. The summed E-state index contributed by atoms with van der Waals surface area (Å²) in [5.74, 6) is 0.0552. The number of ether oxygens (including phenoxy) is 1. The Kier molecular flexibility index (Phi) is 5.16. The van der Waals surface area contributed by atoms with Gasteiger partial charge < -0.3 is 10.1 Å².